The first-order valence-electron chi connectivity index (χ1n) is 8.90. The van der Waals surface area contributed by atoms with Crippen LogP contribution in [0.1, 0.15) is 16.8 Å². The number of fused-ring (bicyclic) bond motifs is 2. The van der Waals surface area contributed by atoms with E-state index in [2.05, 4.69) is 5.32 Å². The maximum absolute atomic E-state index is 12.6. The van der Waals surface area contributed by atoms with Gasteiger partial charge in [0, 0.05) is 23.1 Å². The van der Waals surface area contributed by atoms with Crippen LogP contribution in [0.5, 0.6) is 11.5 Å². The highest BCUT2D eigenvalue weighted by Gasteiger charge is 2.24. The monoisotopic (exact) mass is 391 g/mol. The van der Waals surface area contributed by atoms with E-state index in [-0.39, 0.29) is 12.7 Å². The lowest BCUT2D eigenvalue weighted by Gasteiger charge is -2.09. The van der Waals surface area contributed by atoms with E-state index in [1.54, 1.807) is 17.8 Å². The van der Waals surface area contributed by atoms with Crippen LogP contribution in [-0.4, -0.2) is 22.5 Å². The Balaban J connectivity index is 1.39. The van der Waals surface area contributed by atoms with E-state index in [4.69, 9.17) is 14.6 Å². The van der Waals surface area contributed by atoms with E-state index in [0.717, 1.165) is 45.6 Å². The van der Waals surface area contributed by atoms with Crippen LogP contribution in [0.25, 0.3) is 11.8 Å². The second-order valence-corrected chi connectivity index (χ2v) is 7.43. The zero-order chi connectivity index (χ0) is 18.9. The van der Waals surface area contributed by atoms with Gasteiger partial charge >= 0.3 is 0 Å². The van der Waals surface area contributed by atoms with Crippen molar-refractivity contribution in [3.8, 4) is 17.2 Å². The smallest absolute Gasteiger partial charge is 0.249 e. The minimum atomic E-state index is -0.200. The van der Waals surface area contributed by atoms with E-state index in [1.807, 2.05) is 53.2 Å². The van der Waals surface area contributed by atoms with Crippen molar-refractivity contribution in [1.29, 1.82) is 0 Å². The van der Waals surface area contributed by atoms with E-state index < -0.39 is 0 Å². The third-order valence-electron chi connectivity index (χ3n) is 4.62. The lowest BCUT2D eigenvalue weighted by Crippen LogP contribution is -2.13. The minimum Gasteiger partial charge on any atom is -0.454 e. The van der Waals surface area contributed by atoms with E-state index in [0.29, 0.717) is 5.75 Å². The highest BCUT2D eigenvalue weighted by molar-refractivity contribution is 7.98. The molecule has 2 aromatic carbocycles. The maximum Gasteiger partial charge on any atom is 0.249 e. The fourth-order valence-corrected chi connectivity index (χ4v) is 4.28. The zero-order valence-corrected chi connectivity index (χ0v) is 15.7. The lowest BCUT2D eigenvalue weighted by atomic mass is 10.2. The second-order valence-electron chi connectivity index (χ2n) is 6.45. The van der Waals surface area contributed by atoms with Gasteiger partial charge < -0.3 is 14.8 Å². The number of anilines is 1. The van der Waals surface area contributed by atoms with Crippen molar-refractivity contribution in [1.82, 2.24) is 9.78 Å². The molecule has 140 valence electrons. The Morgan fingerprint density at radius 1 is 1.11 bits per heavy atom. The van der Waals surface area contributed by atoms with Gasteiger partial charge in [0.25, 0.3) is 0 Å². The summed E-state index contributed by atoms with van der Waals surface area (Å²) in [6.45, 7) is 0.232. The normalized spacial score (nSPS) is 14.4. The standard InChI is InChI=1S/C21H17N3O3S/c25-20(9-7-14-6-8-18-19(10-14)27-13-26-18)22-21-16-11-28-12-17(16)23-24(21)15-4-2-1-3-5-15/h1-10H,11-13H2,(H,22,25). The number of para-hydroxylation sites is 1. The van der Waals surface area contributed by atoms with E-state index in [9.17, 15) is 4.79 Å². The SMILES string of the molecule is O=C(C=Cc1ccc2c(c1)OCO2)Nc1c2c(nn1-c1ccccc1)CSC2. The molecule has 2 aliphatic heterocycles. The molecule has 0 spiro atoms. The van der Waals surface area contributed by atoms with Gasteiger partial charge in [-0.3, -0.25) is 4.79 Å². The van der Waals surface area contributed by atoms with Gasteiger partial charge in [0.2, 0.25) is 12.7 Å². The Morgan fingerprint density at radius 2 is 1.96 bits per heavy atom. The minimum absolute atomic E-state index is 0.200. The molecule has 3 heterocycles. The number of nitrogens with zero attached hydrogens (tertiary/aromatic N) is 2. The summed E-state index contributed by atoms with van der Waals surface area (Å²) in [6.07, 6.45) is 3.28. The molecule has 0 aliphatic carbocycles. The fraction of sp³-hybridized carbons (Fsp3) is 0.143. The van der Waals surface area contributed by atoms with Crippen molar-refractivity contribution < 1.29 is 14.3 Å². The van der Waals surface area contributed by atoms with Gasteiger partial charge in [-0.25, -0.2) is 4.68 Å². The molecular weight excluding hydrogens is 374 g/mol. The Morgan fingerprint density at radius 3 is 2.86 bits per heavy atom. The number of carbonyl (C=O) groups excluding carboxylic acids is 1. The number of amides is 1. The summed E-state index contributed by atoms with van der Waals surface area (Å²) >= 11 is 1.81. The molecule has 2 aliphatic rings. The summed E-state index contributed by atoms with van der Waals surface area (Å²) in [5.41, 5.74) is 3.93. The Labute approximate surface area is 166 Å². The van der Waals surface area contributed by atoms with Crippen molar-refractivity contribution in [2.75, 3.05) is 12.1 Å². The van der Waals surface area contributed by atoms with Gasteiger partial charge in [-0.2, -0.15) is 16.9 Å². The van der Waals surface area contributed by atoms with Gasteiger partial charge in [-0.15, -0.1) is 0 Å². The van der Waals surface area contributed by atoms with Crippen LogP contribution < -0.4 is 14.8 Å². The molecule has 1 amide bonds. The summed E-state index contributed by atoms with van der Waals surface area (Å²) in [5.74, 6) is 3.68. The molecule has 5 rings (SSSR count). The molecule has 0 saturated heterocycles. The number of hydrogen-bond acceptors (Lipinski definition) is 5. The first kappa shape index (κ1) is 16.9. The number of aromatic nitrogens is 2. The highest BCUT2D eigenvalue weighted by Crippen LogP contribution is 2.36. The van der Waals surface area contributed by atoms with Crippen LogP contribution in [0.3, 0.4) is 0 Å². The number of nitrogens with one attached hydrogen (secondary N) is 1. The third-order valence-corrected chi connectivity index (χ3v) is 5.59. The van der Waals surface area contributed by atoms with Crippen LogP contribution in [0.2, 0.25) is 0 Å². The van der Waals surface area contributed by atoms with Crippen molar-refractivity contribution in [3.05, 3.63) is 71.4 Å². The van der Waals surface area contributed by atoms with E-state index >= 15 is 0 Å². The summed E-state index contributed by atoms with van der Waals surface area (Å²) in [7, 11) is 0. The Kier molecular flexibility index (Phi) is 4.29. The van der Waals surface area contributed by atoms with Crippen LogP contribution in [0.15, 0.2) is 54.6 Å². The Bertz CT molecular complexity index is 1080. The summed E-state index contributed by atoms with van der Waals surface area (Å²) < 4.78 is 12.5. The number of carbonyl (C=O) groups is 1. The zero-order valence-electron chi connectivity index (χ0n) is 14.9. The van der Waals surface area contributed by atoms with Gasteiger partial charge in [-0.05, 0) is 35.9 Å². The fourth-order valence-electron chi connectivity index (χ4n) is 3.24. The van der Waals surface area contributed by atoms with Crippen LogP contribution in [0, 0.1) is 0 Å². The molecule has 28 heavy (non-hydrogen) atoms. The first-order valence-corrected chi connectivity index (χ1v) is 10.1. The molecule has 7 heteroatoms. The van der Waals surface area contributed by atoms with Crippen molar-refractivity contribution in [2.24, 2.45) is 0 Å². The molecule has 0 bridgehead atoms. The average molecular weight is 391 g/mol. The van der Waals surface area contributed by atoms with Gasteiger partial charge in [0.15, 0.2) is 11.5 Å². The molecule has 3 aromatic rings. The van der Waals surface area contributed by atoms with Crippen LogP contribution >= 0.6 is 11.8 Å². The molecule has 1 aromatic heterocycles. The number of ether oxygens (including phenoxy) is 2. The summed E-state index contributed by atoms with van der Waals surface area (Å²) in [6, 6.07) is 15.4. The van der Waals surface area contributed by atoms with Crippen LogP contribution in [0.4, 0.5) is 5.82 Å². The molecule has 1 N–H and O–H groups in total. The van der Waals surface area contributed by atoms with E-state index in [1.165, 1.54) is 6.08 Å². The first-order chi connectivity index (χ1) is 13.8. The van der Waals surface area contributed by atoms with Crippen molar-refractivity contribution >= 4 is 29.6 Å². The average Bonchev–Trinajstić information content (AvgIpc) is 3.44. The number of hydrogen-bond donors (Lipinski definition) is 1. The molecule has 0 atom stereocenters. The topological polar surface area (TPSA) is 65.4 Å². The highest BCUT2D eigenvalue weighted by atomic mass is 32.2. The predicted octanol–water partition coefficient (Wildman–Crippen LogP) is 4.00. The quantitative estimate of drug-likeness (QED) is 0.681. The number of thioether (sulfide) groups is 1. The van der Waals surface area contributed by atoms with Gasteiger partial charge in [0.05, 0.1) is 11.4 Å². The number of benzene rings is 2. The molecule has 0 fully saturated rings. The maximum atomic E-state index is 12.6. The summed E-state index contributed by atoms with van der Waals surface area (Å²) in [5, 5.41) is 7.72. The van der Waals surface area contributed by atoms with Gasteiger partial charge in [-0.1, -0.05) is 24.3 Å². The second kappa shape index (κ2) is 7.09. The molecule has 6 nitrogen and oxygen atoms in total. The largest absolute Gasteiger partial charge is 0.454 e. The van der Waals surface area contributed by atoms with Crippen molar-refractivity contribution in [3.63, 3.8) is 0 Å². The molecule has 0 saturated carbocycles. The molecule has 0 radical (unpaired) electrons. The predicted molar refractivity (Wildman–Crippen MR) is 109 cm³/mol. The van der Waals surface area contributed by atoms with Crippen molar-refractivity contribution in [2.45, 2.75) is 11.5 Å². The van der Waals surface area contributed by atoms with Crippen LogP contribution in [-0.2, 0) is 16.3 Å². The Hall–Kier alpha value is -3.19. The van der Waals surface area contributed by atoms with Gasteiger partial charge in [0.1, 0.15) is 5.82 Å². The molecule has 0 unspecified atom stereocenters. The number of rotatable bonds is 4. The third kappa shape index (κ3) is 3.14. The molecular formula is C21H17N3O3S. The lowest BCUT2D eigenvalue weighted by molar-refractivity contribution is -0.111. The summed E-state index contributed by atoms with van der Waals surface area (Å²) in [4.78, 5) is 12.6.